The summed E-state index contributed by atoms with van der Waals surface area (Å²) in [6.07, 6.45) is 0.703. The van der Waals surface area contributed by atoms with Crippen LogP contribution < -0.4 is 20.5 Å². The number of rotatable bonds is 4. The monoisotopic (exact) mass is 392 g/mol. The molecule has 0 saturated heterocycles. The first-order valence-electron chi connectivity index (χ1n) is 9.50. The molecule has 0 spiro atoms. The molecule has 29 heavy (non-hydrogen) atoms. The van der Waals surface area contributed by atoms with Crippen LogP contribution in [0.4, 0.5) is 11.6 Å². The van der Waals surface area contributed by atoms with Crippen LogP contribution in [0, 0.1) is 20.8 Å². The first-order valence-corrected chi connectivity index (χ1v) is 9.50. The highest BCUT2D eigenvalue weighted by atomic mass is 16.5. The van der Waals surface area contributed by atoms with Crippen molar-refractivity contribution >= 4 is 11.6 Å². The van der Waals surface area contributed by atoms with E-state index in [-0.39, 0.29) is 5.69 Å². The molecule has 0 atom stereocenters. The molecule has 0 fully saturated rings. The number of ether oxygens (including phenoxy) is 2. The topological polar surface area (TPSA) is 78.3 Å². The predicted molar refractivity (Wildman–Crippen MR) is 112 cm³/mol. The average molecular weight is 392 g/mol. The Morgan fingerprint density at radius 2 is 1.62 bits per heavy atom. The molecule has 2 heterocycles. The van der Waals surface area contributed by atoms with Crippen LogP contribution in [-0.2, 0) is 13.0 Å². The van der Waals surface area contributed by atoms with Crippen molar-refractivity contribution in [3.05, 3.63) is 57.0 Å². The second-order valence-corrected chi connectivity index (χ2v) is 7.32. The van der Waals surface area contributed by atoms with Gasteiger partial charge < -0.3 is 14.8 Å². The van der Waals surface area contributed by atoms with Crippen molar-refractivity contribution in [2.24, 2.45) is 0 Å². The molecule has 150 valence electrons. The number of hydrogen-bond donors (Lipinski definition) is 1. The molecule has 7 nitrogen and oxygen atoms in total. The molecule has 0 amide bonds. The highest BCUT2D eigenvalue weighted by Gasteiger charge is 2.23. The maximum absolute atomic E-state index is 12.7. The number of nitrogens with one attached hydrogen (secondary N) is 1. The molecule has 0 unspecified atom stereocenters. The molecule has 3 aromatic rings. The van der Waals surface area contributed by atoms with Gasteiger partial charge in [-0.1, -0.05) is 17.7 Å². The molecule has 0 aliphatic carbocycles. The van der Waals surface area contributed by atoms with Crippen LogP contribution in [-0.4, -0.2) is 28.8 Å². The van der Waals surface area contributed by atoms with E-state index < -0.39 is 0 Å². The van der Waals surface area contributed by atoms with Gasteiger partial charge in [0.15, 0.2) is 11.5 Å². The van der Waals surface area contributed by atoms with E-state index in [0.29, 0.717) is 36.2 Å². The summed E-state index contributed by atoms with van der Waals surface area (Å²) < 4.78 is 12.5. The zero-order chi connectivity index (χ0) is 20.7. The molecule has 0 radical (unpaired) electrons. The van der Waals surface area contributed by atoms with Gasteiger partial charge in [-0.2, -0.15) is 9.97 Å². The SMILES string of the molecule is COc1cc2c(cc1OC)-c1nc(Nc3c(C)cc(C)cc3C)nc(=O)n1CC2. The van der Waals surface area contributed by atoms with Gasteiger partial charge in [-0.05, 0) is 56.0 Å². The van der Waals surface area contributed by atoms with Crippen molar-refractivity contribution in [2.75, 3.05) is 19.5 Å². The number of nitrogens with zero attached hydrogens (tertiary/aromatic N) is 3. The zero-order valence-corrected chi connectivity index (χ0v) is 17.3. The maximum atomic E-state index is 12.7. The Kier molecular flexibility index (Phi) is 4.74. The van der Waals surface area contributed by atoms with Gasteiger partial charge >= 0.3 is 5.69 Å². The second-order valence-electron chi connectivity index (χ2n) is 7.32. The molecule has 1 aromatic heterocycles. The van der Waals surface area contributed by atoms with Crippen LogP contribution in [0.5, 0.6) is 11.5 Å². The Morgan fingerprint density at radius 3 is 2.28 bits per heavy atom. The van der Waals surface area contributed by atoms with E-state index in [1.54, 1.807) is 18.8 Å². The number of aromatic nitrogens is 3. The number of fused-ring (bicyclic) bond motifs is 3. The van der Waals surface area contributed by atoms with Crippen molar-refractivity contribution < 1.29 is 9.47 Å². The first kappa shape index (κ1) is 19.0. The number of aryl methyl sites for hydroxylation is 4. The Morgan fingerprint density at radius 1 is 0.966 bits per heavy atom. The molecule has 1 N–H and O–H groups in total. The third-order valence-corrected chi connectivity index (χ3v) is 5.27. The Balaban J connectivity index is 1.83. The molecule has 4 rings (SSSR count). The summed E-state index contributed by atoms with van der Waals surface area (Å²) in [4.78, 5) is 21.6. The zero-order valence-electron chi connectivity index (χ0n) is 17.3. The third-order valence-electron chi connectivity index (χ3n) is 5.27. The molecule has 0 bridgehead atoms. The van der Waals surface area contributed by atoms with Crippen molar-refractivity contribution in [3.8, 4) is 22.9 Å². The lowest BCUT2D eigenvalue weighted by atomic mass is 9.99. The minimum Gasteiger partial charge on any atom is -0.493 e. The molecular formula is C22H24N4O3. The summed E-state index contributed by atoms with van der Waals surface area (Å²) in [5, 5.41) is 3.25. The lowest BCUT2D eigenvalue weighted by molar-refractivity contribution is 0.354. The standard InChI is InChI=1S/C22H24N4O3/c1-12-8-13(2)19(14(3)9-12)23-21-24-20-16-11-18(29-5)17(28-4)10-15(16)6-7-26(20)22(27)25-21/h8-11H,6-7H2,1-5H3,(H,23,25,27). The Labute approximate surface area is 169 Å². The lowest BCUT2D eigenvalue weighted by Crippen LogP contribution is -2.30. The van der Waals surface area contributed by atoms with E-state index >= 15 is 0 Å². The van der Waals surface area contributed by atoms with Crippen LogP contribution in [0.1, 0.15) is 22.3 Å². The van der Waals surface area contributed by atoms with E-state index in [1.807, 2.05) is 26.0 Å². The van der Waals surface area contributed by atoms with Crippen molar-refractivity contribution in [2.45, 2.75) is 33.7 Å². The average Bonchev–Trinajstić information content (AvgIpc) is 2.69. The van der Waals surface area contributed by atoms with Gasteiger partial charge in [0.1, 0.15) is 5.82 Å². The van der Waals surface area contributed by atoms with Crippen LogP contribution in [0.3, 0.4) is 0 Å². The summed E-state index contributed by atoms with van der Waals surface area (Å²) >= 11 is 0. The van der Waals surface area contributed by atoms with Gasteiger partial charge in [0.25, 0.3) is 0 Å². The fourth-order valence-corrected chi connectivity index (χ4v) is 3.95. The number of methoxy groups -OCH3 is 2. The van der Waals surface area contributed by atoms with Gasteiger partial charge in [0.05, 0.1) is 14.2 Å². The van der Waals surface area contributed by atoms with Crippen molar-refractivity contribution in [3.63, 3.8) is 0 Å². The number of hydrogen-bond acceptors (Lipinski definition) is 6. The van der Waals surface area contributed by atoms with Gasteiger partial charge in [-0.3, -0.25) is 4.57 Å². The molecule has 2 aromatic carbocycles. The van der Waals surface area contributed by atoms with Gasteiger partial charge in [-0.25, -0.2) is 4.79 Å². The highest BCUT2D eigenvalue weighted by molar-refractivity contribution is 5.69. The summed E-state index contributed by atoms with van der Waals surface area (Å²) in [6.45, 7) is 6.64. The molecule has 1 aliphatic heterocycles. The van der Waals surface area contributed by atoms with Crippen LogP contribution in [0.15, 0.2) is 29.1 Å². The maximum Gasteiger partial charge on any atom is 0.352 e. The smallest absolute Gasteiger partial charge is 0.352 e. The normalized spacial score (nSPS) is 12.2. The molecule has 1 aliphatic rings. The van der Waals surface area contributed by atoms with Crippen LogP contribution in [0.2, 0.25) is 0 Å². The summed E-state index contributed by atoms with van der Waals surface area (Å²) in [6, 6.07) is 8.00. The lowest BCUT2D eigenvalue weighted by Gasteiger charge is -2.22. The summed E-state index contributed by atoms with van der Waals surface area (Å²) in [5.74, 6) is 2.14. The van der Waals surface area contributed by atoms with E-state index in [4.69, 9.17) is 14.5 Å². The number of benzene rings is 2. The van der Waals surface area contributed by atoms with E-state index in [9.17, 15) is 4.79 Å². The quantitative estimate of drug-likeness (QED) is 0.732. The van der Waals surface area contributed by atoms with Crippen molar-refractivity contribution in [1.29, 1.82) is 0 Å². The molecule has 0 saturated carbocycles. The summed E-state index contributed by atoms with van der Waals surface area (Å²) in [5.41, 5.74) is 5.87. The van der Waals surface area contributed by atoms with Crippen LogP contribution >= 0.6 is 0 Å². The van der Waals surface area contributed by atoms with Crippen LogP contribution in [0.25, 0.3) is 11.4 Å². The Hall–Kier alpha value is -3.35. The fourth-order valence-electron chi connectivity index (χ4n) is 3.95. The number of anilines is 2. The van der Waals surface area contributed by atoms with E-state index in [2.05, 4.69) is 29.4 Å². The summed E-state index contributed by atoms with van der Waals surface area (Å²) in [7, 11) is 3.21. The highest BCUT2D eigenvalue weighted by Crippen LogP contribution is 2.37. The second kappa shape index (κ2) is 7.24. The molecule has 7 heteroatoms. The van der Waals surface area contributed by atoms with Gasteiger partial charge in [0, 0.05) is 17.8 Å². The minimum atomic E-state index is -0.319. The third kappa shape index (κ3) is 3.33. The first-order chi connectivity index (χ1) is 13.9. The van der Waals surface area contributed by atoms with Gasteiger partial charge in [0.2, 0.25) is 5.95 Å². The largest absolute Gasteiger partial charge is 0.493 e. The molecular weight excluding hydrogens is 368 g/mol. The minimum absolute atomic E-state index is 0.291. The Bertz CT molecular complexity index is 1140. The fraction of sp³-hybridized carbons (Fsp3) is 0.318. The van der Waals surface area contributed by atoms with Crippen molar-refractivity contribution in [1.82, 2.24) is 14.5 Å². The predicted octanol–water partition coefficient (Wildman–Crippen LogP) is 3.55. The van der Waals surface area contributed by atoms with Gasteiger partial charge in [-0.15, -0.1) is 0 Å². The van der Waals surface area contributed by atoms with E-state index in [0.717, 1.165) is 27.9 Å². The van der Waals surface area contributed by atoms with E-state index in [1.165, 1.54) is 5.56 Å².